The van der Waals surface area contributed by atoms with Gasteiger partial charge >= 0.3 is 0 Å². The Morgan fingerprint density at radius 1 is 1.16 bits per heavy atom. The molecule has 0 radical (unpaired) electrons. The molecule has 0 unspecified atom stereocenters. The van der Waals surface area contributed by atoms with E-state index in [1.807, 2.05) is 12.3 Å². The third-order valence-corrected chi connectivity index (χ3v) is 5.02. The minimum Gasteiger partial charge on any atom is -0.342 e. The first-order chi connectivity index (χ1) is 12.2. The fourth-order valence-corrected chi connectivity index (χ4v) is 3.69. The van der Waals surface area contributed by atoms with Crippen LogP contribution in [0.5, 0.6) is 0 Å². The average molecular weight is 336 g/mol. The Morgan fingerprint density at radius 3 is 2.72 bits per heavy atom. The molecule has 6 nitrogen and oxygen atoms in total. The Morgan fingerprint density at radius 2 is 2.00 bits per heavy atom. The molecule has 2 aromatic heterocycles. The highest BCUT2D eigenvalue weighted by molar-refractivity contribution is 5.49. The van der Waals surface area contributed by atoms with E-state index in [9.17, 15) is 0 Å². The van der Waals surface area contributed by atoms with Crippen LogP contribution in [0.1, 0.15) is 32.3 Å². The summed E-state index contributed by atoms with van der Waals surface area (Å²) >= 11 is 0. The molecule has 130 valence electrons. The summed E-state index contributed by atoms with van der Waals surface area (Å²) in [5.74, 6) is 3.25. The zero-order chi connectivity index (χ0) is 17.2. The van der Waals surface area contributed by atoms with Crippen LogP contribution in [0.4, 0.5) is 5.95 Å². The van der Waals surface area contributed by atoms with Crippen LogP contribution >= 0.6 is 0 Å². The number of nitrogens with one attached hydrogen (secondary N) is 1. The lowest BCUT2D eigenvalue weighted by Crippen LogP contribution is -2.41. The quantitative estimate of drug-likeness (QED) is 0.794. The van der Waals surface area contributed by atoms with E-state index >= 15 is 0 Å². The molecule has 3 heterocycles. The maximum Gasteiger partial charge on any atom is 0.228 e. The second kappa shape index (κ2) is 6.70. The van der Waals surface area contributed by atoms with Gasteiger partial charge in [0.05, 0.1) is 6.54 Å². The minimum absolute atomic E-state index is 0.465. The topological polar surface area (TPSA) is 62.6 Å². The Balaban J connectivity index is 1.74. The van der Waals surface area contributed by atoms with Crippen LogP contribution in [-0.2, 0) is 6.54 Å². The molecule has 1 N–H and O–H groups in total. The van der Waals surface area contributed by atoms with Crippen LogP contribution in [0.25, 0.3) is 11.6 Å². The van der Waals surface area contributed by atoms with Crippen molar-refractivity contribution in [2.24, 2.45) is 5.92 Å². The molecule has 4 rings (SSSR count). The number of hydrogen-bond acceptors (Lipinski definition) is 4. The number of H-pyrrole nitrogens is 1. The van der Waals surface area contributed by atoms with Gasteiger partial charge in [-0.1, -0.05) is 37.3 Å². The third kappa shape index (κ3) is 3.16. The molecule has 0 aliphatic carbocycles. The third-order valence-electron chi connectivity index (χ3n) is 5.02. The van der Waals surface area contributed by atoms with Crippen LogP contribution < -0.4 is 4.90 Å². The highest BCUT2D eigenvalue weighted by atomic mass is 15.4. The van der Waals surface area contributed by atoms with Gasteiger partial charge in [-0.05, 0) is 31.2 Å². The Hall–Kier alpha value is -2.63. The molecule has 0 bridgehead atoms. The summed E-state index contributed by atoms with van der Waals surface area (Å²) in [5.41, 5.74) is 1.23. The molecule has 1 aromatic carbocycles. The number of anilines is 1. The van der Waals surface area contributed by atoms with Crippen LogP contribution in [-0.4, -0.2) is 37.3 Å². The zero-order valence-corrected chi connectivity index (χ0v) is 14.8. The van der Waals surface area contributed by atoms with E-state index in [2.05, 4.69) is 67.7 Å². The van der Waals surface area contributed by atoms with E-state index < -0.39 is 0 Å². The largest absolute Gasteiger partial charge is 0.342 e. The van der Waals surface area contributed by atoms with E-state index in [0.717, 1.165) is 36.6 Å². The fraction of sp³-hybridized carbons (Fsp3) is 0.421. The number of aromatic nitrogens is 5. The van der Waals surface area contributed by atoms with Gasteiger partial charge in [0.15, 0.2) is 5.82 Å². The summed E-state index contributed by atoms with van der Waals surface area (Å²) in [4.78, 5) is 9.93. The van der Waals surface area contributed by atoms with E-state index in [-0.39, 0.29) is 0 Å². The van der Waals surface area contributed by atoms with Crippen molar-refractivity contribution in [2.75, 3.05) is 11.4 Å². The van der Waals surface area contributed by atoms with Gasteiger partial charge in [-0.2, -0.15) is 0 Å². The van der Waals surface area contributed by atoms with Crippen LogP contribution in [0.2, 0.25) is 0 Å². The van der Waals surface area contributed by atoms with Gasteiger partial charge in [-0.3, -0.25) is 4.57 Å². The van der Waals surface area contributed by atoms with Crippen molar-refractivity contribution >= 4 is 5.95 Å². The molecule has 0 spiro atoms. The highest BCUT2D eigenvalue weighted by Crippen LogP contribution is 2.29. The molecule has 0 amide bonds. The molecule has 3 aromatic rings. The summed E-state index contributed by atoms with van der Waals surface area (Å²) in [7, 11) is 0. The van der Waals surface area contributed by atoms with Gasteiger partial charge in [0.25, 0.3) is 0 Å². The highest BCUT2D eigenvalue weighted by Gasteiger charge is 2.28. The standard InChI is InChI=1S/C19H24N6/c1-14-8-11-24(15(2)12-14)19-23-22-18(17-20-9-10-21-17)25(19)13-16-6-4-3-5-7-16/h3-7,9-10,14-15H,8,11-13H2,1-2H3,(H,20,21)/t14-,15-/m1/s1. The Bertz CT molecular complexity index is 808. The van der Waals surface area contributed by atoms with Gasteiger partial charge in [0, 0.05) is 25.0 Å². The molecule has 1 fully saturated rings. The minimum atomic E-state index is 0.465. The summed E-state index contributed by atoms with van der Waals surface area (Å²) in [5, 5.41) is 9.01. The summed E-state index contributed by atoms with van der Waals surface area (Å²) in [6, 6.07) is 10.9. The Labute approximate surface area is 147 Å². The number of rotatable bonds is 4. The van der Waals surface area contributed by atoms with Gasteiger partial charge in [-0.25, -0.2) is 4.98 Å². The van der Waals surface area contributed by atoms with Gasteiger partial charge < -0.3 is 9.88 Å². The van der Waals surface area contributed by atoms with Crippen LogP contribution in [0, 0.1) is 5.92 Å². The first kappa shape index (κ1) is 15.9. The first-order valence-corrected chi connectivity index (χ1v) is 8.96. The van der Waals surface area contributed by atoms with Crippen molar-refractivity contribution in [1.82, 2.24) is 24.7 Å². The lowest BCUT2D eigenvalue weighted by Gasteiger charge is -2.37. The van der Waals surface area contributed by atoms with Crippen LogP contribution in [0.15, 0.2) is 42.7 Å². The monoisotopic (exact) mass is 336 g/mol. The summed E-state index contributed by atoms with van der Waals surface area (Å²) in [6.07, 6.45) is 5.95. The van der Waals surface area contributed by atoms with Gasteiger partial charge in [0.2, 0.25) is 11.8 Å². The number of nitrogens with zero attached hydrogens (tertiary/aromatic N) is 5. The molecule has 1 saturated heterocycles. The summed E-state index contributed by atoms with van der Waals surface area (Å²) < 4.78 is 2.18. The van der Waals surface area contributed by atoms with Crippen molar-refractivity contribution in [2.45, 2.75) is 39.3 Å². The van der Waals surface area contributed by atoms with E-state index in [1.54, 1.807) is 6.20 Å². The van der Waals surface area contributed by atoms with Crippen molar-refractivity contribution in [3.05, 3.63) is 48.3 Å². The molecule has 0 saturated carbocycles. The number of aromatic amines is 1. The van der Waals surface area contributed by atoms with Crippen molar-refractivity contribution < 1.29 is 0 Å². The number of hydrogen-bond donors (Lipinski definition) is 1. The lowest BCUT2D eigenvalue weighted by atomic mass is 9.94. The van der Waals surface area contributed by atoms with Crippen molar-refractivity contribution in [1.29, 1.82) is 0 Å². The summed E-state index contributed by atoms with van der Waals surface area (Å²) in [6.45, 7) is 6.37. The lowest BCUT2D eigenvalue weighted by molar-refractivity contribution is 0.371. The maximum atomic E-state index is 4.55. The predicted molar refractivity (Wildman–Crippen MR) is 98.4 cm³/mol. The Kier molecular flexibility index (Phi) is 4.26. The SMILES string of the molecule is C[C@@H]1CCN(c2nnc(-c3ncc[nH]3)n2Cc2ccccc2)[C@H](C)C1. The zero-order valence-electron chi connectivity index (χ0n) is 14.8. The van der Waals surface area contributed by atoms with E-state index in [1.165, 1.54) is 18.4 Å². The molecule has 1 aliphatic rings. The van der Waals surface area contributed by atoms with Gasteiger partial charge in [-0.15, -0.1) is 10.2 Å². The molecule has 1 aliphatic heterocycles. The molecule has 2 atom stereocenters. The first-order valence-electron chi connectivity index (χ1n) is 8.96. The molecular weight excluding hydrogens is 312 g/mol. The number of piperidine rings is 1. The van der Waals surface area contributed by atoms with Gasteiger partial charge in [0.1, 0.15) is 0 Å². The smallest absolute Gasteiger partial charge is 0.228 e. The fourth-order valence-electron chi connectivity index (χ4n) is 3.69. The van der Waals surface area contributed by atoms with Crippen molar-refractivity contribution in [3.8, 4) is 11.6 Å². The van der Waals surface area contributed by atoms with Crippen molar-refractivity contribution in [3.63, 3.8) is 0 Å². The average Bonchev–Trinajstić information content (AvgIpc) is 3.26. The molecule has 6 heteroatoms. The number of imidazole rings is 1. The van der Waals surface area contributed by atoms with Crippen LogP contribution in [0.3, 0.4) is 0 Å². The van der Waals surface area contributed by atoms with E-state index in [0.29, 0.717) is 6.04 Å². The second-order valence-electron chi connectivity index (χ2n) is 7.01. The predicted octanol–water partition coefficient (Wildman–Crippen LogP) is 3.34. The second-order valence-corrected chi connectivity index (χ2v) is 7.01. The van der Waals surface area contributed by atoms with E-state index in [4.69, 9.17) is 0 Å². The number of benzene rings is 1. The molecule has 25 heavy (non-hydrogen) atoms. The normalized spacial score (nSPS) is 20.8. The molecular formula is C19H24N6. The maximum absolute atomic E-state index is 4.55.